The Bertz CT molecular complexity index is 281. The van der Waals surface area contributed by atoms with Crippen molar-refractivity contribution < 1.29 is 125 Å². The van der Waals surface area contributed by atoms with Crippen LogP contribution in [-0.2, 0) is 94.2 Å². The van der Waals surface area contributed by atoms with Crippen LogP contribution in [0.5, 0.6) is 0 Å². The fraction of sp³-hybridized carbons (Fsp3) is 0. The summed E-state index contributed by atoms with van der Waals surface area (Å²) in [6, 6.07) is 0. The third-order valence-corrected chi connectivity index (χ3v) is 0.549. The van der Waals surface area contributed by atoms with Gasteiger partial charge in [-0.15, -0.1) is 0 Å². The maximum atomic E-state index is 9.10. The van der Waals surface area contributed by atoms with Gasteiger partial charge >= 0.3 is 35.8 Å². The average Bonchev–Trinajstić information content (AvgIpc) is 2.18. The Kier molecular flexibility index (Phi) is 28.3. The van der Waals surface area contributed by atoms with Gasteiger partial charge in [0.1, 0.15) is 0 Å². The zero-order chi connectivity index (χ0) is 15.5. The van der Waals surface area contributed by atoms with E-state index in [4.69, 9.17) is 59.4 Å². The van der Waals surface area contributed by atoms with Crippen LogP contribution in [-0.4, -0.2) is 66.5 Å². The van der Waals surface area contributed by atoms with Gasteiger partial charge < -0.3 is 30.6 Å². The SMILES string of the molecule is O=C(O)C(=O)O.O=C(O)C(=O)O.O=C(O)C(=O)O.[Y].[Y]. The predicted molar refractivity (Wildman–Crippen MR) is 45.8 cm³/mol. The Labute approximate surface area is 159 Å². The van der Waals surface area contributed by atoms with E-state index in [0.717, 1.165) is 0 Å². The summed E-state index contributed by atoms with van der Waals surface area (Å²) >= 11 is 0. The van der Waals surface area contributed by atoms with Crippen LogP contribution in [0.3, 0.4) is 0 Å². The van der Waals surface area contributed by atoms with Gasteiger partial charge in [-0.1, -0.05) is 0 Å². The molecule has 0 saturated heterocycles. The minimum atomic E-state index is -1.82. The quantitative estimate of drug-likeness (QED) is 0.211. The molecule has 20 heavy (non-hydrogen) atoms. The average molecular weight is 448 g/mol. The van der Waals surface area contributed by atoms with Gasteiger partial charge in [-0.3, -0.25) is 0 Å². The van der Waals surface area contributed by atoms with E-state index >= 15 is 0 Å². The molecule has 12 nitrogen and oxygen atoms in total. The van der Waals surface area contributed by atoms with Crippen LogP contribution in [0.1, 0.15) is 0 Å². The minimum absolute atomic E-state index is 0. The van der Waals surface area contributed by atoms with Crippen LogP contribution >= 0.6 is 0 Å². The van der Waals surface area contributed by atoms with E-state index in [1.54, 1.807) is 0 Å². The number of aliphatic carboxylic acids is 6. The third-order valence-electron chi connectivity index (χ3n) is 0.549. The Balaban J connectivity index is -0.0000000536. The molecule has 0 atom stereocenters. The number of hydrogen-bond donors (Lipinski definition) is 6. The zero-order valence-corrected chi connectivity index (χ0v) is 15.0. The second kappa shape index (κ2) is 18.0. The zero-order valence-electron chi connectivity index (χ0n) is 9.29. The molecular formula is C6H6O12Y2. The van der Waals surface area contributed by atoms with Gasteiger partial charge in [-0.25, -0.2) is 28.8 Å². The summed E-state index contributed by atoms with van der Waals surface area (Å²) < 4.78 is 0. The molecular weight excluding hydrogens is 442 g/mol. The van der Waals surface area contributed by atoms with Crippen molar-refractivity contribution in [1.29, 1.82) is 0 Å². The number of carboxylic acids is 6. The Morgan fingerprint density at radius 1 is 0.350 bits per heavy atom. The summed E-state index contributed by atoms with van der Waals surface area (Å²) in [7, 11) is 0. The van der Waals surface area contributed by atoms with Crippen LogP contribution in [0.25, 0.3) is 0 Å². The first kappa shape index (κ1) is 31.4. The molecule has 2 radical (unpaired) electrons. The van der Waals surface area contributed by atoms with Gasteiger partial charge in [0.05, 0.1) is 0 Å². The van der Waals surface area contributed by atoms with Crippen molar-refractivity contribution in [2.24, 2.45) is 0 Å². The van der Waals surface area contributed by atoms with E-state index in [2.05, 4.69) is 0 Å². The van der Waals surface area contributed by atoms with Crippen LogP contribution in [0.15, 0.2) is 0 Å². The van der Waals surface area contributed by atoms with E-state index in [0.29, 0.717) is 0 Å². The topological polar surface area (TPSA) is 224 Å². The van der Waals surface area contributed by atoms with Crippen molar-refractivity contribution in [3.63, 3.8) is 0 Å². The van der Waals surface area contributed by atoms with E-state index in [-0.39, 0.29) is 65.4 Å². The smallest absolute Gasteiger partial charge is 0.414 e. The molecule has 0 fully saturated rings. The molecule has 0 unspecified atom stereocenters. The van der Waals surface area contributed by atoms with E-state index in [1.165, 1.54) is 0 Å². The molecule has 0 heterocycles. The molecule has 0 aromatic heterocycles. The van der Waals surface area contributed by atoms with Gasteiger partial charge in [-0.2, -0.15) is 0 Å². The monoisotopic (exact) mass is 448 g/mol. The predicted octanol–water partition coefficient (Wildman–Crippen LogP) is -2.54. The summed E-state index contributed by atoms with van der Waals surface area (Å²) in [5, 5.41) is 44.3. The second-order valence-corrected chi connectivity index (χ2v) is 1.83. The maximum absolute atomic E-state index is 9.10. The summed E-state index contributed by atoms with van der Waals surface area (Å²) in [6.07, 6.45) is 0. The summed E-state index contributed by atoms with van der Waals surface area (Å²) in [5.74, 6) is -10.9. The first-order chi connectivity index (χ1) is 7.93. The molecule has 0 bridgehead atoms. The minimum Gasteiger partial charge on any atom is -0.473 e. The molecule has 0 saturated carbocycles. The first-order valence-electron chi connectivity index (χ1n) is 3.32. The van der Waals surface area contributed by atoms with Gasteiger partial charge in [0.2, 0.25) is 0 Å². The fourth-order valence-corrected chi connectivity index (χ4v) is 0. The fourth-order valence-electron chi connectivity index (χ4n) is 0. The molecule has 0 rings (SSSR count). The number of carboxylic acid groups (broad SMARTS) is 6. The largest absolute Gasteiger partial charge is 0.473 e. The van der Waals surface area contributed by atoms with Crippen molar-refractivity contribution in [2.45, 2.75) is 0 Å². The van der Waals surface area contributed by atoms with Crippen LogP contribution in [0, 0.1) is 0 Å². The standard InChI is InChI=1S/3C2H2O4.2Y/c3*3-1(4)2(5)6;;/h3*(H,3,4)(H,5,6);;. The van der Waals surface area contributed by atoms with E-state index in [1.807, 2.05) is 0 Å². The van der Waals surface area contributed by atoms with Gasteiger partial charge in [0.15, 0.2) is 0 Å². The molecule has 14 heteroatoms. The van der Waals surface area contributed by atoms with Crippen molar-refractivity contribution in [1.82, 2.24) is 0 Å². The first-order valence-corrected chi connectivity index (χ1v) is 3.32. The van der Waals surface area contributed by atoms with Crippen LogP contribution < -0.4 is 0 Å². The van der Waals surface area contributed by atoms with Crippen molar-refractivity contribution in [3.05, 3.63) is 0 Å². The molecule has 6 N–H and O–H groups in total. The van der Waals surface area contributed by atoms with Crippen molar-refractivity contribution in [3.8, 4) is 0 Å². The van der Waals surface area contributed by atoms with Crippen molar-refractivity contribution in [2.75, 3.05) is 0 Å². The van der Waals surface area contributed by atoms with Crippen molar-refractivity contribution >= 4 is 35.8 Å². The number of hydrogen-bond acceptors (Lipinski definition) is 6. The molecule has 0 aliphatic carbocycles. The summed E-state index contributed by atoms with van der Waals surface area (Å²) in [5.41, 5.74) is 0. The molecule has 0 spiro atoms. The molecule has 0 aliphatic heterocycles. The molecule has 0 aromatic rings. The third kappa shape index (κ3) is 36.0. The normalized spacial score (nSPS) is 6.60. The van der Waals surface area contributed by atoms with E-state index < -0.39 is 35.8 Å². The van der Waals surface area contributed by atoms with Crippen LogP contribution in [0.4, 0.5) is 0 Å². The summed E-state index contributed by atoms with van der Waals surface area (Å²) in [4.78, 5) is 54.6. The van der Waals surface area contributed by atoms with Gasteiger partial charge in [-0.05, 0) is 0 Å². The Morgan fingerprint density at radius 3 is 0.400 bits per heavy atom. The maximum Gasteiger partial charge on any atom is 0.414 e. The Hall–Kier alpha value is -0.972. The van der Waals surface area contributed by atoms with Gasteiger partial charge in [0, 0.05) is 65.4 Å². The number of rotatable bonds is 0. The van der Waals surface area contributed by atoms with Crippen LogP contribution in [0.2, 0.25) is 0 Å². The molecule has 0 aromatic carbocycles. The molecule has 108 valence electrons. The van der Waals surface area contributed by atoms with E-state index in [9.17, 15) is 0 Å². The Morgan fingerprint density at radius 2 is 0.400 bits per heavy atom. The second-order valence-electron chi connectivity index (χ2n) is 1.83. The van der Waals surface area contributed by atoms with Gasteiger partial charge in [0.25, 0.3) is 0 Å². The summed E-state index contributed by atoms with van der Waals surface area (Å²) in [6.45, 7) is 0. The molecule has 0 amide bonds. The number of carbonyl (C=O) groups is 6. The molecule has 0 aliphatic rings.